The Balaban J connectivity index is 2.19. The molecule has 0 aliphatic rings. The van der Waals surface area contributed by atoms with Crippen molar-refractivity contribution in [2.75, 3.05) is 12.4 Å². The SMILES string of the molecule is COc1ccc(S(=O)(=O)N[C@@H](C(=O)Nc2cccc(F)c2)C(C)C)cc1. The number of hydrogen-bond donors (Lipinski definition) is 2. The van der Waals surface area contributed by atoms with Gasteiger partial charge in [-0.05, 0) is 48.4 Å². The van der Waals surface area contributed by atoms with Crippen molar-refractivity contribution < 1.29 is 22.3 Å². The van der Waals surface area contributed by atoms with E-state index in [0.29, 0.717) is 5.75 Å². The zero-order chi connectivity index (χ0) is 19.3. The highest BCUT2D eigenvalue weighted by Crippen LogP contribution is 2.18. The third-order valence-corrected chi connectivity index (χ3v) is 5.15. The first-order chi connectivity index (χ1) is 12.2. The Morgan fingerprint density at radius 2 is 1.77 bits per heavy atom. The first kappa shape index (κ1) is 19.9. The Bertz CT molecular complexity index is 867. The molecule has 0 saturated carbocycles. The second kappa shape index (κ2) is 8.29. The highest BCUT2D eigenvalue weighted by Gasteiger charge is 2.28. The number of sulfonamides is 1. The van der Waals surface area contributed by atoms with E-state index in [4.69, 9.17) is 4.74 Å². The van der Waals surface area contributed by atoms with Crippen LogP contribution in [-0.4, -0.2) is 27.5 Å². The van der Waals surface area contributed by atoms with Crippen LogP contribution >= 0.6 is 0 Å². The molecule has 0 spiro atoms. The molecule has 0 unspecified atom stereocenters. The Morgan fingerprint density at radius 1 is 1.12 bits per heavy atom. The van der Waals surface area contributed by atoms with Crippen LogP contribution in [-0.2, 0) is 14.8 Å². The van der Waals surface area contributed by atoms with E-state index >= 15 is 0 Å². The highest BCUT2D eigenvalue weighted by atomic mass is 32.2. The first-order valence-corrected chi connectivity index (χ1v) is 9.44. The van der Waals surface area contributed by atoms with E-state index in [2.05, 4.69) is 10.0 Å². The van der Waals surface area contributed by atoms with Crippen molar-refractivity contribution in [1.29, 1.82) is 0 Å². The minimum Gasteiger partial charge on any atom is -0.497 e. The number of benzene rings is 2. The molecule has 2 aromatic rings. The third kappa shape index (κ3) is 5.03. The Hall–Kier alpha value is -2.45. The van der Waals surface area contributed by atoms with E-state index in [-0.39, 0.29) is 16.5 Å². The summed E-state index contributed by atoms with van der Waals surface area (Å²) in [7, 11) is -2.44. The minimum atomic E-state index is -3.92. The first-order valence-electron chi connectivity index (χ1n) is 7.96. The van der Waals surface area contributed by atoms with Crippen molar-refractivity contribution >= 4 is 21.6 Å². The van der Waals surface area contributed by atoms with Gasteiger partial charge in [-0.25, -0.2) is 12.8 Å². The molecule has 2 N–H and O–H groups in total. The quantitative estimate of drug-likeness (QED) is 0.774. The Kier molecular flexibility index (Phi) is 6.33. The fourth-order valence-corrected chi connectivity index (χ4v) is 3.61. The molecule has 0 aliphatic heterocycles. The van der Waals surface area contributed by atoms with Gasteiger partial charge in [-0.3, -0.25) is 4.79 Å². The van der Waals surface area contributed by atoms with Gasteiger partial charge in [0, 0.05) is 5.69 Å². The summed E-state index contributed by atoms with van der Waals surface area (Å²) in [5.41, 5.74) is 0.254. The van der Waals surface area contributed by atoms with Gasteiger partial charge in [0.15, 0.2) is 0 Å². The summed E-state index contributed by atoms with van der Waals surface area (Å²) in [6.45, 7) is 3.43. The largest absolute Gasteiger partial charge is 0.497 e. The topological polar surface area (TPSA) is 84.5 Å². The number of carbonyl (C=O) groups is 1. The van der Waals surface area contributed by atoms with E-state index in [1.54, 1.807) is 13.8 Å². The predicted octanol–water partition coefficient (Wildman–Crippen LogP) is 2.78. The van der Waals surface area contributed by atoms with Gasteiger partial charge in [-0.2, -0.15) is 4.72 Å². The lowest BCUT2D eigenvalue weighted by atomic mass is 10.0. The van der Waals surface area contributed by atoms with Gasteiger partial charge >= 0.3 is 0 Å². The predicted molar refractivity (Wildman–Crippen MR) is 97.0 cm³/mol. The zero-order valence-corrected chi connectivity index (χ0v) is 15.5. The van der Waals surface area contributed by atoms with Gasteiger partial charge in [0.05, 0.1) is 12.0 Å². The van der Waals surface area contributed by atoms with E-state index in [1.165, 1.54) is 49.6 Å². The monoisotopic (exact) mass is 380 g/mol. The number of hydrogen-bond acceptors (Lipinski definition) is 4. The van der Waals surface area contributed by atoms with Crippen LogP contribution < -0.4 is 14.8 Å². The molecule has 8 heteroatoms. The van der Waals surface area contributed by atoms with E-state index in [1.807, 2.05) is 0 Å². The third-order valence-electron chi connectivity index (χ3n) is 3.69. The van der Waals surface area contributed by atoms with Crippen molar-refractivity contribution in [3.8, 4) is 5.75 Å². The second-order valence-electron chi connectivity index (χ2n) is 6.02. The summed E-state index contributed by atoms with van der Waals surface area (Å²) >= 11 is 0. The molecule has 0 fully saturated rings. The standard InChI is InChI=1S/C18H21FN2O4S/c1-12(2)17(18(22)20-14-6-4-5-13(19)11-14)21-26(23,24)16-9-7-15(25-3)8-10-16/h4-12,17,21H,1-3H3,(H,20,22)/t17-/m1/s1. The lowest BCUT2D eigenvalue weighted by molar-refractivity contribution is -0.118. The van der Waals surface area contributed by atoms with Crippen LogP contribution in [0.3, 0.4) is 0 Å². The van der Waals surface area contributed by atoms with Crippen molar-refractivity contribution in [2.24, 2.45) is 5.92 Å². The smallest absolute Gasteiger partial charge is 0.242 e. The normalized spacial score (nSPS) is 12.7. The number of halogens is 1. The summed E-state index contributed by atoms with van der Waals surface area (Å²) in [4.78, 5) is 12.5. The fourth-order valence-electron chi connectivity index (χ4n) is 2.27. The van der Waals surface area contributed by atoms with E-state index < -0.39 is 27.8 Å². The van der Waals surface area contributed by atoms with Gasteiger partial charge in [0.2, 0.25) is 15.9 Å². The molecule has 6 nitrogen and oxygen atoms in total. The number of methoxy groups -OCH3 is 1. The number of nitrogens with one attached hydrogen (secondary N) is 2. The maximum absolute atomic E-state index is 13.3. The fraction of sp³-hybridized carbons (Fsp3) is 0.278. The maximum atomic E-state index is 13.3. The molecule has 2 rings (SSSR count). The van der Waals surface area contributed by atoms with E-state index in [9.17, 15) is 17.6 Å². The number of anilines is 1. The van der Waals surface area contributed by atoms with Gasteiger partial charge in [-0.15, -0.1) is 0 Å². The van der Waals surface area contributed by atoms with Gasteiger partial charge in [-0.1, -0.05) is 19.9 Å². The molecular formula is C18H21FN2O4S. The molecule has 0 heterocycles. The van der Waals surface area contributed by atoms with Crippen LogP contribution in [0.15, 0.2) is 53.4 Å². The van der Waals surface area contributed by atoms with Gasteiger partial charge in [0.1, 0.15) is 17.6 Å². The van der Waals surface area contributed by atoms with Crippen LogP contribution in [0.5, 0.6) is 5.75 Å². The van der Waals surface area contributed by atoms with Crippen molar-refractivity contribution in [2.45, 2.75) is 24.8 Å². The Labute approximate surface area is 152 Å². The number of amides is 1. The van der Waals surface area contributed by atoms with Crippen LogP contribution in [0.4, 0.5) is 10.1 Å². The molecule has 2 aromatic carbocycles. The summed E-state index contributed by atoms with van der Waals surface area (Å²) in [5, 5.41) is 2.53. The molecule has 0 saturated heterocycles. The summed E-state index contributed by atoms with van der Waals surface area (Å²) in [5.74, 6) is -0.866. The summed E-state index contributed by atoms with van der Waals surface area (Å²) < 4.78 is 45.8. The average Bonchev–Trinajstić information content (AvgIpc) is 2.59. The number of ether oxygens (including phenoxy) is 1. The average molecular weight is 380 g/mol. The highest BCUT2D eigenvalue weighted by molar-refractivity contribution is 7.89. The number of rotatable bonds is 7. The lowest BCUT2D eigenvalue weighted by Gasteiger charge is -2.21. The van der Waals surface area contributed by atoms with Crippen LogP contribution in [0, 0.1) is 11.7 Å². The van der Waals surface area contributed by atoms with Crippen molar-refractivity contribution in [3.63, 3.8) is 0 Å². The Morgan fingerprint density at radius 3 is 2.31 bits per heavy atom. The summed E-state index contributed by atoms with van der Waals surface area (Å²) in [6.07, 6.45) is 0. The molecule has 1 atom stereocenters. The van der Waals surface area contributed by atoms with Gasteiger partial charge < -0.3 is 10.1 Å². The van der Waals surface area contributed by atoms with Crippen molar-refractivity contribution in [1.82, 2.24) is 4.72 Å². The van der Waals surface area contributed by atoms with Crippen LogP contribution in [0.25, 0.3) is 0 Å². The second-order valence-corrected chi connectivity index (χ2v) is 7.73. The molecule has 140 valence electrons. The van der Waals surface area contributed by atoms with Gasteiger partial charge in [0.25, 0.3) is 0 Å². The zero-order valence-electron chi connectivity index (χ0n) is 14.7. The molecule has 0 aliphatic carbocycles. The van der Waals surface area contributed by atoms with E-state index in [0.717, 1.165) is 6.07 Å². The van der Waals surface area contributed by atoms with Crippen LogP contribution in [0.1, 0.15) is 13.8 Å². The molecular weight excluding hydrogens is 359 g/mol. The number of carbonyl (C=O) groups excluding carboxylic acids is 1. The minimum absolute atomic E-state index is 0.0162. The molecule has 0 bridgehead atoms. The van der Waals surface area contributed by atoms with Crippen LogP contribution in [0.2, 0.25) is 0 Å². The van der Waals surface area contributed by atoms with Crippen molar-refractivity contribution in [3.05, 3.63) is 54.3 Å². The molecule has 0 aromatic heterocycles. The molecule has 1 amide bonds. The lowest BCUT2D eigenvalue weighted by Crippen LogP contribution is -2.47. The molecule has 26 heavy (non-hydrogen) atoms. The molecule has 0 radical (unpaired) electrons. The summed E-state index contributed by atoms with van der Waals surface area (Å²) in [6, 6.07) is 10.2. The maximum Gasteiger partial charge on any atom is 0.242 e.